The van der Waals surface area contributed by atoms with Crippen LogP contribution in [0.25, 0.3) is 11.3 Å². The van der Waals surface area contributed by atoms with Gasteiger partial charge < -0.3 is 15.0 Å². The van der Waals surface area contributed by atoms with Gasteiger partial charge in [0.1, 0.15) is 5.69 Å². The van der Waals surface area contributed by atoms with Crippen LogP contribution in [0.5, 0.6) is 0 Å². The van der Waals surface area contributed by atoms with E-state index in [-0.39, 0.29) is 5.91 Å². The molecule has 3 rings (SSSR count). The number of carboxylic acids is 1. The topological polar surface area (TPSA) is 113 Å². The molecular weight excluding hydrogens is 379 g/mol. The average molecular weight is 395 g/mol. The first kappa shape index (κ1) is 20.7. The summed E-state index contributed by atoms with van der Waals surface area (Å²) in [6.07, 6.45) is -0.211. The molecule has 0 saturated carbocycles. The lowest BCUT2D eigenvalue weighted by atomic mass is 10.1. The van der Waals surface area contributed by atoms with Gasteiger partial charge in [0.05, 0.1) is 24.4 Å². The lowest BCUT2D eigenvalue weighted by Crippen LogP contribution is -2.24. The Balaban J connectivity index is 0.000000345. The Hall–Kier alpha value is -3.63. The van der Waals surface area contributed by atoms with Gasteiger partial charge in [0.2, 0.25) is 0 Å². The first-order valence-electron chi connectivity index (χ1n) is 7.82. The Bertz CT molecular complexity index is 935. The number of imidazole rings is 1. The predicted molar refractivity (Wildman–Crippen MR) is 92.1 cm³/mol. The Morgan fingerprint density at radius 3 is 2.39 bits per heavy atom. The maximum Gasteiger partial charge on any atom is 0.490 e. The van der Waals surface area contributed by atoms with Gasteiger partial charge in [-0.15, -0.1) is 0 Å². The predicted octanol–water partition coefficient (Wildman–Crippen LogP) is 2.37. The summed E-state index contributed by atoms with van der Waals surface area (Å²) in [6, 6.07) is 9.89. The summed E-state index contributed by atoms with van der Waals surface area (Å²) < 4.78 is 33.4. The van der Waals surface area contributed by atoms with Crippen LogP contribution in [-0.4, -0.2) is 42.9 Å². The minimum absolute atomic E-state index is 0.157. The second-order valence-electron chi connectivity index (χ2n) is 5.51. The van der Waals surface area contributed by atoms with Crippen molar-refractivity contribution < 1.29 is 27.9 Å². The van der Waals surface area contributed by atoms with Gasteiger partial charge in [0.25, 0.3) is 5.91 Å². The van der Waals surface area contributed by atoms with Crippen molar-refractivity contribution in [1.82, 2.24) is 25.1 Å². The minimum Gasteiger partial charge on any atom is -0.475 e. The van der Waals surface area contributed by atoms with Crippen LogP contribution in [0, 0.1) is 0 Å². The number of rotatable bonds is 4. The molecule has 2 aromatic heterocycles. The second kappa shape index (κ2) is 8.84. The van der Waals surface area contributed by atoms with Crippen molar-refractivity contribution in [2.24, 2.45) is 7.05 Å². The first-order valence-corrected chi connectivity index (χ1v) is 7.82. The standard InChI is InChI=1S/C15H15N5O.C2HF3O2/c1-20-10-16-9-13(20)15(21)17-7-12-8-18-19-14(12)11-5-3-2-4-6-11;3-2(4,5)1(6)7/h2-6,8-10H,7H2,1H3,(H,17,21)(H,18,19);(H,6,7). The molecule has 3 N–H and O–H groups in total. The number of aromatic nitrogens is 4. The van der Waals surface area contributed by atoms with Crippen LogP contribution in [0.15, 0.2) is 49.1 Å². The number of carboxylic acid groups (broad SMARTS) is 1. The SMILES string of the molecule is Cn1cncc1C(=O)NCc1cn[nH]c1-c1ccccc1.O=C(O)C(F)(F)F. The maximum absolute atomic E-state index is 12.1. The quantitative estimate of drug-likeness (QED) is 0.628. The van der Waals surface area contributed by atoms with Gasteiger partial charge in [-0.05, 0) is 5.56 Å². The maximum atomic E-state index is 12.1. The zero-order valence-electron chi connectivity index (χ0n) is 14.6. The average Bonchev–Trinajstić information content (AvgIpc) is 3.29. The van der Waals surface area contributed by atoms with Crippen LogP contribution in [0.2, 0.25) is 0 Å². The molecule has 0 aliphatic heterocycles. The van der Waals surface area contributed by atoms with Gasteiger partial charge >= 0.3 is 12.1 Å². The Morgan fingerprint density at radius 1 is 1.21 bits per heavy atom. The smallest absolute Gasteiger partial charge is 0.475 e. The number of carbonyl (C=O) groups is 2. The fourth-order valence-electron chi connectivity index (χ4n) is 2.14. The minimum atomic E-state index is -5.08. The van der Waals surface area contributed by atoms with Gasteiger partial charge in [-0.2, -0.15) is 18.3 Å². The number of aryl methyl sites for hydroxylation is 1. The van der Waals surface area contributed by atoms with Gasteiger partial charge in [-0.3, -0.25) is 9.89 Å². The highest BCUT2D eigenvalue weighted by Gasteiger charge is 2.38. The van der Waals surface area contributed by atoms with Crippen LogP contribution in [0.1, 0.15) is 16.1 Å². The Morgan fingerprint density at radius 2 is 1.86 bits per heavy atom. The van der Waals surface area contributed by atoms with E-state index >= 15 is 0 Å². The molecule has 0 bridgehead atoms. The van der Waals surface area contributed by atoms with E-state index in [1.165, 1.54) is 0 Å². The number of aliphatic carboxylic acids is 1. The van der Waals surface area contributed by atoms with Crippen LogP contribution in [0.4, 0.5) is 13.2 Å². The van der Waals surface area contributed by atoms with Crippen molar-refractivity contribution in [1.29, 1.82) is 0 Å². The highest BCUT2D eigenvalue weighted by molar-refractivity contribution is 5.92. The third-order valence-corrected chi connectivity index (χ3v) is 3.51. The van der Waals surface area contributed by atoms with E-state index in [0.717, 1.165) is 16.8 Å². The number of hydrogen-bond donors (Lipinski definition) is 3. The van der Waals surface area contributed by atoms with Crippen molar-refractivity contribution >= 4 is 11.9 Å². The monoisotopic (exact) mass is 395 g/mol. The summed E-state index contributed by atoms with van der Waals surface area (Å²) in [5, 5.41) is 17.0. The van der Waals surface area contributed by atoms with Crippen molar-refractivity contribution in [2.45, 2.75) is 12.7 Å². The molecule has 0 fully saturated rings. The molecular formula is C17H16F3N5O3. The molecule has 0 aliphatic rings. The fraction of sp³-hybridized carbons (Fsp3) is 0.176. The van der Waals surface area contributed by atoms with E-state index in [1.54, 1.807) is 30.3 Å². The molecule has 8 nitrogen and oxygen atoms in total. The van der Waals surface area contributed by atoms with Crippen molar-refractivity contribution in [2.75, 3.05) is 0 Å². The molecule has 0 atom stereocenters. The van der Waals surface area contributed by atoms with E-state index in [2.05, 4.69) is 20.5 Å². The Kier molecular flexibility index (Phi) is 6.53. The summed E-state index contributed by atoms with van der Waals surface area (Å²) in [7, 11) is 1.79. The van der Waals surface area contributed by atoms with Crippen molar-refractivity contribution in [3.05, 3.63) is 60.3 Å². The summed E-state index contributed by atoms with van der Waals surface area (Å²) in [6.45, 7) is 0.407. The summed E-state index contributed by atoms with van der Waals surface area (Å²) >= 11 is 0. The number of carbonyl (C=O) groups excluding carboxylic acids is 1. The van der Waals surface area contributed by atoms with Gasteiger partial charge in [-0.25, -0.2) is 9.78 Å². The van der Waals surface area contributed by atoms with E-state index in [1.807, 2.05) is 30.3 Å². The lowest BCUT2D eigenvalue weighted by molar-refractivity contribution is -0.192. The zero-order valence-corrected chi connectivity index (χ0v) is 14.6. The molecule has 3 aromatic rings. The molecule has 0 unspecified atom stereocenters. The Labute approximate surface area is 157 Å². The fourth-order valence-corrected chi connectivity index (χ4v) is 2.14. The third kappa shape index (κ3) is 5.43. The van der Waals surface area contributed by atoms with Gasteiger partial charge in [-0.1, -0.05) is 30.3 Å². The van der Waals surface area contributed by atoms with E-state index in [4.69, 9.17) is 9.90 Å². The molecule has 1 amide bonds. The number of nitrogens with zero attached hydrogens (tertiary/aromatic N) is 3. The van der Waals surface area contributed by atoms with Gasteiger partial charge in [0.15, 0.2) is 0 Å². The van der Waals surface area contributed by atoms with Crippen LogP contribution in [-0.2, 0) is 18.4 Å². The number of benzene rings is 1. The largest absolute Gasteiger partial charge is 0.490 e. The molecule has 28 heavy (non-hydrogen) atoms. The second-order valence-corrected chi connectivity index (χ2v) is 5.51. The van der Waals surface area contributed by atoms with Crippen LogP contribution in [0.3, 0.4) is 0 Å². The highest BCUT2D eigenvalue weighted by atomic mass is 19.4. The molecule has 0 spiro atoms. The van der Waals surface area contributed by atoms with E-state index in [9.17, 15) is 18.0 Å². The number of alkyl halides is 3. The number of amides is 1. The molecule has 148 valence electrons. The van der Waals surface area contributed by atoms with Crippen LogP contribution < -0.4 is 5.32 Å². The highest BCUT2D eigenvalue weighted by Crippen LogP contribution is 2.20. The number of nitrogens with one attached hydrogen (secondary N) is 2. The first-order chi connectivity index (χ1) is 13.2. The van der Waals surface area contributed by atoms with E-state index in [0.29, 0.717) is 12.2 Å². The van der Waals surface area contributed by atoms with Crippen molar-refractivity contribution in [3.8, 4) is 11.3 Å². The summed E-state index contributed by atoms with van der Waals surface area (Å²) in [5.74, 6) is -2.91. The summed E-state index contributed by atoms with van der Waals surface area (Å²) in [5.41, 5.74) is 3.43. The molecule has 11 heteroatoms. The molecule has 2 heterocycles. The third-order valence-electron chi connectivity index (χ3n) is 3.51. The van der Waals surface area contributed by atoms with Crippen molar-refractivity contribution in [3.63, 3.8) is 0 Å². The van der Waals surface area contributed by atoms with Gasteiger partial charge in [0, 0.05) is 19.2 Å². The summed E-state index contributed by atoms with van der Waals surface area (Å²) in [4.78, 5) is 24.9. The molecule has 1 aromatic carbocycles. The lowest BCUT2D eigenvalue weighted by Gasteiger charge is -2.06. The number of H-pyrrole nitrogens is 1. The number of aromatic amines is 1. The van der Waals surface area contributed by atoms with Crippen LogP contribution >= 0.6 is 0 Å². The molecule has 0 aliphatic carbocycles. The number of hydrogen-bond acceptors (Lipinski definition) is 4. The number of halogens is 3. The zero-order chi connectivity index (χ0) is 20.7. The molecule has 0 radical (unpaired) electrons. The normalized spacial score (nSPS) is 10.7. The molecule has 0 saturated heterocycles. The van der Waals surface area contributed by atoms with E-state index < -0.39 is 12.1 Å².